The van der Waals surface area contributed by atoms with Crippen molar-refractivity contribution in [3.63, 3.8) is 0 Å². The van der Waals surface area contributed by atoms with Crippen LogP contribution in [0, 0.1) is 11.8 Å². The Bertz CT molecular complexity index is 683. The molecule has 29 heavy (non-hydrogen) atoms. The van der Waals surface area contributed by atoms with Crippen molar-refractivity contribution in [2.24, 2.45) is 11.8 Å². The van der Waals surface area contributed by atoms with Crippen LogP contribution in [-0.4, -0.2) is 46.8 Å². The van der Waals surface area contributed by atoms with Gasteiger partial charge in [-0.15, -0.1) is 0 Å². The van der Waals surface area contributed by atoms with Crippen molar-refractivity contribution in [2.75, 3.05) is 41.3 Å². The fourth-order valence-electron chi connectivity index (χ4n) is 4.43. The third kappa shape index (κ3) is 6.69. The monoisotopic (exact) mass is 418 g/mol. The summed E-state index contributed by atoms with van der Waals surface area (Å²) in [5.41, 5.74) is -0.104. The van der Waals surface area contributed by atoms with Crippen LogP contribution >= 0.6 is 12.2 Å². The Morgan fingerprint density at radius 2 is 1.52 bits per heavy atom. The lowest BCUT2D eigenvalue weighted by molar-refractivity contribution is 0.355. The minimum atomic E-state index is -0.104. The van der Waals surface area contributed by atoms with Crippen LogP contribution in [0.2, 0.25) is 0 Å². The molecule has 162 valence electrons. The highest BCUT2D eigenvalue weighted by Crippen LogP contribution is 2.29. The van der Waals surface area contributed by atoms with Crippen molar-refractivity contribution in [1.82, 2.24) is 15.3 Å². The highest BCUT2D eigenvalue weighted by Gasteiger charge is 2.25. The van der Waals surface area contributed by atoms with Crippen molar-refractivity contribution < 1.29 is 0 Å². The van der Waals surface area contributed by atoms with Crippen LogP contribution in [0.5, 0.6) is 0 Å². The zero-order valence-corrected chi connectivity index (χ0v) is 19.6. The van der Waals surface area contributed by atoms with Gasteiger partial charge in [-0.2, -0.15) is 9.97 Å². The molecule has 3 rings (SSSR count). The second kappa shape index (κ2) is 9.45. The predicted octanol–water partition coefficient (Wildman–Crippen LogP) is 4.42. The first-order chi connectivity index (χ1) is 13.7. The second-order valence-electron chi connectivity index (χ2n) is 9.99. The summed E-state index contributed by atoms with van der Waals surface area (Å²) in [6, 6.07) is 2.18. The van der Waals surface area contributed by atoms with Crippen molar-refractivity contribution in [3.05, 3.63) is 6.07 Å². The Labute approximate surface area is 181 Å². The van der Waals surface area contributed by atoms with E-state index in [1.165, 1.54) is 32.1 Å². The first-order valence-corrected chi connectivity index (χ1v) is 11.6. The van der Waals surface area contributed by atoms with Gasteiger partial charge in [-0.1, -0.05) is 26.7 Å². The summed E-state index contributed by atoms with van der Waals surface area (Å²) in [7, 11) is 0. The lowest BCUT2D eigenvalue weighted by atomic mass is 9.92. The van der Waals surface area contributed by atoms with Gasteiger partial charge in [-0.25, -0.2) is 0 Å². The molecule has 2 N–H and O–H groups in total. The fraction of sp³-hybridized carbons (Fsp3) is 0.773. The fourth-order valence-corrected chi connectivity index (χ4v) is 4.82. The van der Waals surface area contributed by atoms with Crippen molar-refractivity contribution >= 4 is 34.9 Å². The lowest BCUT2D eigenvalue weighted by Gasteiger charge is -2.36. The van der Waals surface area contributed by atoms with Crippen molar-refractivity contribution in [2.45, 2.75) is 72.3 Å². The van der Waals surface area contributed by atoms with Crippen molar-refractivity contribution in [1.29, 1.82) is 0 Å². The Hall–Kier alpha value is -1.63. The second-order valence-corrected chi connectivity index (χ2v) is 10.4. The molecule has 1 aromatic rings. The summed E-state index contributed by atoms with van der Waals surface area (Å²) < 4.78 is 0. The number of nitrogens with one attached hydrogen (secondary N) is 2. The molecule has 0 aliphatic carbocycles. The van der Waals surface area contributed by atoms with Gasteiger partial charge in [0.25, 0.3) is 0 Å². The number of aromatic nitrogens is 2. The summed E-state index contributed by atoms with van der Waals surface area (Å²) in [5, 5.41) is 7.11. The van der Waals surface area contributed by atoms with Crippen LogP contribution in [0.4, 0.5) is 17.6 Å². The molecule has 0 aromatic carbocycles. The molecule has 0 saturated carbocycles. The average Bonchev–Trinajstić information content (AvgIpc) is 2.88. The number of thiocarbonyl (C=S) groups is 1. The van der Waals surface area contributed by atoms with Crippen LogP contribution in [0.1, 0.15) is 66.7 Å². The number of nitrogens with zero attached hydrogens (tertiary/aromatic N) is 4. The maximum Gasteiger partial charge on any atom is 0.232 e. The van der Waals surface area contributed by atoms with E-state index in [0.717, 1.165) is 37.8 Å². The Morgan fingerprint density at radius 3 is 2.07 bits per heavy atom. The highest BCUT2D eigenvalue weighted by atomic mass is 32.1. The van der Waals surface area contributed by atoms with Gasteiger partial charge in [0.05, 0.1) is 0 Å². The standard InChI is InChI=1S/C22H38N6S/c1-16-12-17(2)15-28(14-16)19-13-18(27-10-8-6-7-9-11-27)23-20(24-19)25-21(29)26-22(3,4)5/h13,16-17H,6-12,14-15H2,1-5H3,(H2,23,24,25,26,29)/t16-,17+. The molecule has 3 heterocycles. The van der Waals surface area contributed by atoms with E-state index >= 15 is 0 Å². The molecule has 0 radical (unpaired) electrons. The normalized spacial score (nSPS) is 23.5. The van der Waals surface area contributed by atoms with Gasteiger partial charge in [0.15, 0.2) is 5.11 Å². The zero-order valence-electron chi connectivity index (χ0n) is 18.8. The van der Waals surface area contributed by atoms with Crippen LogP contribution in [0.15, 0.2) is 6.07 Å². The Balaban J connectivity index is 1.87. The van der Waals surface area contributed by atoms with E-state index < -0.39 is 0 Å². The van der Waals surface area contributed by atoms with E-state index in [4.69, 9.17) is 22.2 Å². The van der Waals surface area contributed by atoms with Gasteiger partial charge in [0.2, 0.25) is 5.95 Å². The maximum atomic E-state index is 5.51. The van der Waals surface area contributed by atoms with E-state index in [-0.39, 0.29) is 5.54 Å². The van der Waals surface area contributed by atoms with Crippen LogP contribution < -0.4 is 20.4 Å². The number of hydrogen-bond donors (Lipinski definition) is 2. The van der Waals surface area contributed by atoms with E-state index in [1.807, 2.05) is 0 Å². The Kier molecular flexibility index (Phi) is 7.19. The van der Waals surface area contributed by atoms with E-state index in [1.54, 1.807) is 0 Å². The van der Waals surface area contributed by atoms with E-state index in [2.05, 4.69) is 61.1 Å². The number of rotatable bonds is 3. The summed E-state index contributed by atoms with van der Waals surface area (Å²) in [6.07, 6.45) is 6.35. The topological polar surface area (TPSA) is 56.3 Å². The lowest BCUT2D eigenvalue weighted by Crippen LogP contribution is -2.43. The van der Waals surface area contributed by atoms with E-state index in [9.17, 15) is 0 Å². The largest absolute Gasteiger partial charge is 0.358 e. The summed E-state index contributed by atoms with van der Waals surface area (Å²) in [6.45, 7) is 15.2. The summed E-state index contributed by atoms with van der Waals surface area (Å²) in [5.74, 6) is 3.97. The molecule has 2 saturated heterocycles. The molecule has 2 aliphatic heterocycles. The first-order valence-electron chi connectivity index (χ1n) is 11.2. The highest BCUT2D eigenvalue weighted by molar-refractivity contribution is 7.80. The molecule has 0 bridgehead atoms. The van der Waals surface area contributed by atoms with Gasteiger partial charge < -0.3 is 20.4 Å². The van der Waals surface area contributed by atoms with Crippen LogP contribution in [0.25, 0.3) is 0 Å². The molecule has 0 amide bonds. The van der Waals surface area contributed by atoms with Gasteiger partial charge in [0, 0.05) is 37.8 Å². The van der Waals surface area contributed by atoms with Crippen molar-refractivity contribution in [3.8, 4) is 0 Å². The summed E-state index contributed by atoms with van der Waals surface area (Å²) >= 11 is 5.51. The van der Waals surface area contributed by atoms with Gasteiger partial charge in [-0.05, 0) is 64.1 Å². The molecule has 1 aromatic heterocycles. The quantitative estimate of drug-likeness (QED) is 0.705. The molecule has 6 nitrogen and oxygen atoms in total. The van der Waals surface area contributed by atoms with Gasteiger partial charge in [-0.3, -0.25) is 0 Å². The number of piperidine rings is 1. The molecule has 2 aliphatic rings. The zero-order chi connectivity index (χ0) is 21.0. The number of anilines is 3. The molecule has 2 fully saturated rings. The first kappa shape index (κ1) is 22.1. The smallest absolute Gasteiger partial charge is 0.232 e. The molecule has 2 atom stereocenters. The minimum absolute atomic E-state index is 0.104. The predicted molar refractivity (Wildman–Crippen MR) is 127 cm³/mol. The van der Waals surface area contributed by atoms with Gasteiger partial charge in [0.1, 0.15) is 11.6 Å². The Morgan fingerprint density at radius 1 is 0.966 bits per heavy atom. The third-order valence-electron chi connectivity index (χ3n) is 5.54. The van der Waals surface area contributed by atoms with E-state index in [0.29, 0.717) is 22.9 Å². The van der Waals surface area contributed by atoms with Gasteiger partial charge >= 0.3 is 0 Å². The molecule has 0 unspecified atom stereocenters. The summed E-state index contributed by atoms with van der Waals surface area (Å²) in [4.78, 5) is 14.6. The molecular weight excluding hydrogens is 380 g/mol. The average molecular weight is 419 g/mol. The molecule has 7 heteroatoms. The minimum Gasteiger partial charge on any atom is -0.358 e. The van der Waals surface area contributed by atoms with Crippen LogP contribution in [0.3, 0.4) is 0 Å². The SMILES string of the molecule is C[C@@H]1C[C@H](C)CN(c2cc(N3CCCCCC3)nc(NC(=S)NC(C)(C)C)n2)C1. The van der Waals surface area contributed by atoms with Crippen LogP contribution in [-0.2, 0) is 0 Å². The molecule has 0 spiro atoms. The number of hydrogen-bond acceptors (Lipinski definition) is 5. The molecular formula is C22H38N6S. The third-order valence-corrected chi connectivity index (χ3v) is 5.74. The maximum absolute atomic E-state index is 5.51.